The lowest BCUT2D eigenvalue weighted by Gasteiger charge is -2.23. The molecule has 0 bridgehead atoms. The Morgan fingerprint density at radius 1 is 1.40 bits per heavy atom. The van der Waals surface area contributed by atoms with Crippen LogP contribution in [0.25, 0.3) is 0 Å². The molecule has 0 saturated heterocycles. The zero-order chi connectivity index (χ0) is 15.6. The molecule has 0 saturated carbocycles. The fourth-order valence-corrected chi connectivity index (χ4v) is 2.14. The number of hydrogen-bond donors (Lipinski definition) is 2. The van der Waals surface area contributed by atoms with Gasteiger partial charge in [-0.25, -0.2) is 8.42 Å². The molecular weight excluding hydrogens is 302 g/mol. The minimum Gasteiger partial charge on any atom is -0.504 e. The third-order valence-electron chi connectivity index (χ3n) is 3.21. The molecule has 1 rings (SSSR count). The summed E-state index contributed by atoms with van der Waals surface area (Å²) in [4.78, 5) is 0. The van der Waals surface area contributed by atoms with Crippen molar-refractivity contribution in [3.05, 3.63) is 22.7 Å². The number of phenolic OH excluding ortho intramolecular Hbond substituents is 1. The van der Waals surface area contributed by atoms with Crippen LogP contribution in [0.3, 0.4) is 0 Å². The van der Waals surface area contributed by atoms with E-state index < -0.39 is 14.6 Å². The summed E-state index contributed by atoms with van der Waals surface area (Å²) in [6.45, 7) is 3.85. The van der Waals surface area contributed by atoms with Crippen molar-refractivity contribution < 1.29 is 18.3 Å². The maximum Gasteiger partial charge on any atom is 0.162 e. The average Bonchev–Trinajstić information content (AvgIpc) is 2.31. The van der Waals surface area contributed by atoms with Crippen LogP contribution in [0.4, 0.5) is 0 Å². The third-order valence-corrected chi connectivity index (χ3v) is 5.58. The molecule has 114 valence electrons. The minimum absolute atomic E-state index is 0.00145. The molecule has 0 amide bonds. The van der Waals surface area contributed by atoms with Crippen LogP contribution in [0.5, 0.6) is 11.5 Å². The normalized spacial score (nSPS) is 12.4. The zero-order valence-electron chi connectivity index (χ0n) is 12.0. The quantitative estimate of drug-likeness (QED) is 0.837. The molecule has 0 unspecified atom stereocenters. The third kappa shape index (κ3) is 4.01. The highest BCUT2D eigenvalue weighted by Crippen LogP contribution is 2.33. The van der Waals surface area contributed by atoms with Gasteiger partial charge in [-0.05, 0) is 19.9 Å². The number of halogens is 1. The first-order valence-corrected chi connectivity index (χ1v) is 8.31. The predicted octanol–water partition coefficient (Wildman–Crippen LogP) is 1.97. The molecule has 5 nitrogen and oxygen atoms in total. The van der Waals surface area contributed by atoms with E-state index in [9.17, 15) is 13.5 Å². The largest absolute Gasteiger partial charge is 0.504 e. The van der Waals surface area contributed by atoms with E-state index in [0.29, 0.717) is 17.1 Å². The summed E-state index contributed by atoms with van der Waals surface area (Å²) in [5.74, 6) is 0.290. The second-order valence-corrected chi connectivity index (χ2v) is 8.34. The van der Waals surface area contributed by atoms with Crippen LogP contribution in [0.15, 0.2) is 12.1 Å². The number of benzene rings is 1. The summed E-state index contributed by atoms with van der Waals surface area (Å²) in [6, 6.07) is 3.13. The van der Waals surface area contributed by atoms with Crippen LogP contribution in [0, 0.1) is 0 Å². The molecule has 2 N–H and O–H groups in total. The topological polar surface area (TPSA) is 75.6 Å². The van der Waals surface area contributed by atoms with Gasteiger partial charge >= 0.3 is 0 Å². The molecule has 0 aromatic heterocycles. The summed E-state index contributed by atoms with van der Waals surface area (Å²) < 4.78 is 27.3. The zero-order valence-corrected chi connectivity index (χ0v) is 13.6. The Bertz CT molecular complexity index is 584. The Kier molecular flexibility index (Phi) is 5.29. The summed E-state index contributed by atoms with van der Waals surface area (Å²) in [7, 11) is -1.72. The van der Waals surface area contributed by atoms with Gasteiger partial charge in [0, 0.05) is 36.0 Å². The van der Waals surface area contributed by atoms with Crippen molar-refractivity contribution in [2.24, 2.45) is 0 Å². The van der Waals surface area contributed by atoms with Gasteiger partial charge in [0.1, 0.15) is 0 Å². The molecule has 0 fully saturated rings. The van der Waals surface area contributed by atoms with E-state index in [2.05, 4.69) is 5.32 Å². The molecule has 0 heterocycles. The number of aromatic hydroxyl groups is 1. The average molecular weight is 322 g/mol. The lowest BCUT2D eigenvalue weighted by molar-refractivity contribution is 0.369. The molecule has 0 aliphatic heterocycles. The first-order chi connectivity index (χ1) is 9.08. The van der Waals surface area contributed by atoms with Crippen molar-refractivity contribution in [2.75, 3.05) is 19.9 Å². The highest BCUT2D eigenvalue weighted by atomic mass is 35.5. The highest BCUT2D eigenvalue weighted by molar-refractivity contribution is 7.92. The van der Waals surface area contributed by atoms with Gasteiger partial charge in [0.25, 0.3) is 0 Å². The van der Waals surface area contributed by atoms with Crippen molar-refractivity contribution in [3.63, 3.8) is 0 Å². The number of nitrogens with one attached hydrogen (secondary N) is 1. The maximum absolute atomic E-state index is 11.6. The fraction of sp³-hybridized carbons (Fsp3) is 0.538. The molecule has 0 aliphatic carbocycles. The number of ether oxygens (including phenoxy) is 1. The van der Waals surface area contributed by atoms with E-state index >= 15 is 0 Å². The number of rotatable bonds is 6. The van der Waals surface area contributed by atoms with Crippen LogP contribution in [-0.4, -0.2) is 38.2 Å². The number of hydrogen-bond acceptors (Lipinski definition) is 5. The van der Waals surface area contributed by atoms with Gasteiger partial charge in [-0.3, -0.25) is 0 Å². The highest BCUT2D eigenvalue weighted by Gasteiger charge is 2.29. The Balaban J connectivity index is 2.79. The van der Waals surface area contributed by atoms with Crippen LogP contribution in [0.2, 0.25) is 5.02 Å². The van der Waals surface area contributed by atoms with E-state index in [1.54, 1.807) is 19.9 Å². The van der Waals surface area contributed by atoms with Crippen LogP contribution < -0.4 is 10.1 Å². The van der Waals surface area contributed by atoms with Gasteiger partial charge in [0.05, 0.1) is 11.9 Å². The Hall–Kier alpha value is -0.980. The summed E-state index contributed by atoms with van der Waals surface area (Å²) >= 11 is 5.93. The van der Waals surface area contributed by atoms with Crippen molar-refractivity contribution >= 4 is 21.4 Å². The van der Waals surface area contributed by atoms with Gasteiger partial charge in [0.2, 0.25) is 0 Å². The molecule has 0 spiro atoms. The lowest BCUT2D eigenvalue weighted by Crippen LogP contribution is -2.41. The van der Waals surface area contributed by atoms with Crippen LogP contribution >= 0.6 is 11.6 Å². The second-order valence-electron chi connectivity index (χ2n) is 5.25. The second kappa shape index (κ2) is 6.20. The fourth-order valence-electron chi connectivity index (χ4n) is 1.55. The molecule has 1 aromatic carbocycles. The molecule has 7 heteroatoms. The van der Waals surface area contributed by atoms with Gasteiger partial charge in [0.15, 0.2) is 21.3 Å². The van der Waals surface area contributed by atoms with E-state index in [4.69, 9.17) is 16.3 Å². The van der Waals surface area contributed by atoms with Gasteiger partial charge in [-0.2, -0.15) is 0 Å². The monoisotopic (exact) mass is 321 g/mol. The van der Waals surface area contributed by atoms with Gasteiger partial charge in [-0.15, -0.1) is 0 Å². The van der Waals surface area contributed by atoms with Crippen molar-refractivity contribution in [1.29, 1.82) is 0 Å². The van der Waals surface area contributed by atoms with Crippen molar-refractivity contribution in [3.8, 4) is 11.5 Å². The predicted molar refractivity (Wildman–Crippen MR) is 80.3 cm³/mol. The summed E-state index contributed by atoms with van der Waals surface area (Å²) in [6.07, 6.45) is 1.20. The minimum atomic E-state index is -3.16. The SMILES string of the molecule is COc1cc(Cl)cc(CNCC(C)(C)S(C)(=O)=O)c1O. The lowest BCUT2D eigenvalue weighted by atomic mass is 10.1. The standard InChI is InChI=1S/C13H20ClNO4S/c1-13(2,20(4,17)18)8-15-7-9-5-10(14)6-11(19-3)12(9)16/h5-6,15-16H,7-8H2,1-4H3. The van der Waals surface area contributed by atoms with E-state index in [1.807, 2.05) is 0 Å². The molecule has 0 atom stereocenters. The van der Waals surface area contributed by atoms with E-state index in [-0.39, 0.29) is 18.0 Å². The molecular formula is C13H20ClNO4S. The van der Waals surface area contributed by atoms with Gasteiger partial charge < -0.3 is 15.2 Å². The summed E-state index contributed by atoms with van der Waals surface area (Å²) in [5.41, 5.74) is 0.554. The van der Waals surface area contributed by atoms with Crippen LogP contribution in [0.1, 0.15) is 19.4 Å². The molecule has 1 aromatic rings. The maximum atomic E-state index is 11.6. The van der Waals surface area contributed by atoms with Crippen LogP contribution in [-0.2, 0) is 16.4 Å². The van der Waals surface area contributed by atoms with E-state index in [1.165, 1.54) is 19.4 Å². The summed E-state index contributed by atoms with van der Waals surface area (Å²) in [5, 5.41) is 13.4. The number of methoxy groups -OCH3 is 1. The Morgan fingerprint density at radius 3 is 2.50 bits per heavy atom. The van der Waals surface area contributed by atoms with Gasteiger partial charge in [-0.1, -0.05) is 11.6 Å². The number of sulfone groups is 1. The smallest absolute Gasteiger partial charge is 0.162 e. The Labute approximate surface area is 124 Å². The molecule has 0 aliphatic rings. The first kappa shape index (κ1) is 17.1. The Morgan fingerprint density at radius 2 is 2.00 bits per heavy atom. The molecule has 20 heavy (non-hydrogen) atoms. The first-order valence-electron chi connectivity index (χ1n) is 6.04. The van der Waals surface area contributed by atoms with E-state index in [0.717, 1.165) is 0 Å². The molecule has 0 radical (unpaired) electrons. The van der Waals surface area contributed by atoms with Crippen molar-refractivity contribution in [1.82, 2.24) is 5.32 Å². The van der Waals surface area contributed by atoms with Crippen molar-refractivity contribution in [2.45, 2.75) is 25.1 Å². The number of phenols is 1.